The van der Waals surface area contributed by atoms with Crippen molar-refractivity contribution < 1.29 is 9.72 Å². The fraction of sp³-hybridized carbons (Fsp3) is 0.200. The highest BCUT2D eigenvalue weighted by molar-refractivity contribution is 5.91. The molecule has 0 saturated carbocycles. The van der Waals surface area contributed by atoms with Crippen molar-refractivity contribution >= 4 is 11.6 Å². The average Bonchev–Trinajstić information content (AvgIpc) is 2.94. The zero-order valence-electron chi connectivity index (χ0n) is 10.7. The van der Waals surface area contributed by atoms with Gasteiger partial charge >= 0.3 is 11.2 Å². The lowest BCUT2D eigenvalue weighted by atomic mass is 10.4. The topological polar surface area (TPSA) is 151 Å². The summed E-state index contributed by atoms with van der Waals surface area (Å²) in [6, 6.07) is 2.55. The van der Waals surface area contributed by atoms with Gasteiger partial charge in [0.2, 0.25) is 0 Å². The smallest absolute Gasteiger partial charge is 0.308 e. The van der Waals surface area contributed by atoms with E-state index in [0.29, 0.717) is 0 Å². The van der Waals surface area contributed by atoms with Crippen LogP contribution >= 0.6 is 0 Å². The third-order valence-electron chi connectivity index (χ3n) is 2.67. The van der Waals surface area contributed by atoms with Gasteiger partial charge in [0.25, 0.3) is 5.91 Å². The number of hydrogen-bond acceptors (Lipinski definition) is 7. The molecule has 0 aliphatic rings. The van der Waals surface area contributed by atoms with Gasteiger partial charge in [-0.1, -0.05) is 5.21 Å². The summed E-state index contributed by atoms with van der Waals surface area (Å²) >= 11 is 0. The minimum absolute atomic E-state index is 0.0314. The molecular weight excluding hydrogens is 282 g/mol. The van der Waals surface area contributed by atoms with Gasteiger partial charge in [0.1, 0.15) is 0 Å². The van der Waals surface area contributed by atoms with E-state index in [0.717, 1.165) is 6.07 Å². The standard InChI is InChI=1S/C10H11N7O4/c11-12-9(18)7-6-16(14-13-7)5-4-15-3-1-2-8(10(15)19)17(20)21/h1-3,6H,4-5,11H2,(H,12,18). The molecule has 2 heterocycles. The fourth-order valence-corrected chi connectivity index (χ4v) is 1.64. The normalized spacial score (nSPS) is 10.3. The Labute approximate surface area is 117 Å². The van der Waals surface area contributed by atoms with Gasteiger partial charge in [-0.3, -0.25) is 25.1 Å². The first kappa shape index (κ1) is 14.3. The summed E-state index contributed by atoms with van der Waals surface area (Å²) in [5.74, 6) is 4.37. The maximum absolute atomic E-state index is 11.8. The number of hydrazine groups is 1. The van der Waals surface area contributed by atoms with Gasteiger partial charge < -0.3 is 4.57 Å². The van der Waals surface area contributed by atoms with Gasteiger partial charge in [0.05, 0.1) is 17.7 Å². The van der Waals surface area contributed by atoms with Crippen LogP contribution in [-0.4, -0.2) is 30.4 Å². The molecular formula is C10H11N7O4. The molecule has 3 N–H and O–H groups in total. The van der Waals surface area contributed by atoms with E-state index in [2.05, 4.69) is 10.3 Å². The SMILES string of the molecule is NNC(=O)c1cn(CCn2cccc([N+](=O)[O-])c2=O)nn1. The minimum atomic E-state index is -0.738. The van der Waals surface area contributed by atoms with Gasteiger partial charge in [0, 0.05) is 18.8 Å². The maximum atomic E-state index is 11.8. The Morgan fingerprint density at radius 1 is 1.48 bits per heavy atom. The van der Waals surface area contributed by atoms with Crippen LogP contribution in [0.5, 0.6) is 0 Å². The van der Waals surface area contributed by atoms with E-state index in [1.165, 1.54) is 27.7 Å². The number of nitro groups is 1. The second-order valence-corrected chi connectivity index (χ2v) is 3.99. The van der Waals surface area contributed by atoms with Crippen molar-refractivity contribution in [3.05, 3.63) is 50.7 Å². The molecule has 2 aromatic rings. The number of aryl methyl sites for hydroxylation is 2. The van der Waals surface area contributed by atoms with Crippen LogP contribution in [0.2, 0.25) is 0 Å². The number of pyridine rings is 1. The van der Waals surface area contributed by atoms with Crippen LogP contribution in [-0.2, 0) is 13.1 Å². The van der Waals surface area contributed by atoms with E-state index < -0.39 is 22.1 Å². The van der Waals surface area contributed by atoms with Crippen LogP contribution in [0.25, 0.3) is 0 Å². The highest BCUT2D eigenvalue weighted by Gasteiger charge is 2.14. The zero-order valence-corrected chi connectivity index (χ0v) is 10.7. The van der Waals surface area contributed by atoms with Crippen LogP contribution in [0.3, 0.4) is 0 Å². The van der Waals surface area contributed by atoms with E-state index in [1.807, 2.05) is 5.43 Å². The minimum Gasteiger partial charge on any atom is -0.308 e. The van der Waals surface area contributed by atoms with Crippen molar-refractivity contribution in [2.24, 2.45) is 5.84 Å². The van der Waals surface area contributed by atoms with Crippen molar-refractivity contribution in [3.8, 4) is 0 Å². The molecule has 0 bridgehead atoms. The van der Waals surface area contributed by atoms with Gasteiger partial charge in [-0.15, -0.1) is 5.10 Å². The number of carbonyl (C=O) groups excluding carboxylic acids is 1. The van der Waals surface area contributed by atoms with Gasteiger partial charge in [0.15, 0.2) is 5.69 Å². The van der Waals surface area contributed by atoms with Crippen LogP contribution in [0.4, 0.5) is 5.69 Å². The molecule has 0 spiro atoms. The van der Waals surface area contributed by atoms with Gasteiger partial charge in [-0.2, -0.15) is 0 Å². The number of hydrogen-bond donors (Lipinski definition) is 2. The molecule has 2 aromatic heterocycles. The number of rotatable bonds is 5. The summed E-state index contributed by atoms with van der Waals surface area (Å²) in [6.07, 6.45) is 2.78. The first-order valence-corrected chi connectivity index (χ1v) is 5.78. The second kappa shape index (κ2) is 5.92. The summed E-state index contributed by atoms with van der Waals surface area (Å²) in [5, 5.41) is 17.9. The van der Waals surface area contributed by atoms with E-state index >= 15 is 0 Å². The molecule has 2 rings (SSSR count). The molecule has 11 heteroatoms. The summed E-state index contributed by atoms with van der Waals surface area (Å²) in [4.78, 5) is 32.9. The quantitative estimate of drug-likeness (QED) is 0.299. The fourth-order valence-electron chi connectivity index (χ4n) is 1.64. The predicted octanol–water partition coefficient (Wildman–Crippen LogP) is -1.35. The van der Waals surface area contributed by atoms with Crippen LogP contribution in [0.15, 0.2) is 29.3 Å². The van der Waals surface area contributed by atoms with Crippen molar-refractivity contribution in [2.45, 2.75) is 13.1 Å². The Hall–Kier alpha value is -3.08. The van der Waals surface area contributed by atoms with E-state index in [1.54, 1.807) is 0 Å². The second-order valence-electron chi connectivity index (χ2n) is 3.99. The Morgan fingerprint density at radius 2 is 2.24 bits per heavy atom. The summed E-state index contributed by atoms with van der Waals surface area (Å²) in [7, 11) is 0. The third-order valence-corrected chi connectivity index (χ3v) is 2.67. The first-order chi connectivity index (χ1) is 10.0. The van der Waals surface area contributed by atoms with Crippen LogP contribution < -0.4 is 16.8 Å². The number of nitrogens with zero attached hydrogens (tertiary/aromatic N) is 5. The number of nitrogens with two attached hydrogens (primary N) is 1. The molecule has 110 valence electrons. The lowest BCUT2D eigenvalue weighted by Crippen LogP contribution is -2.30. The largest absolute Gasteiger partial charge is 0.334 e. The van der Waals surface area contributed by atoms with Crippen LogP contribution in [0, 0.1) is 10.1 Å². The predicted molar refractivity (Wildman–Crippen MR) is 69.0 cm³/mol. The lowest BCUT2D eigenvalue weighted by molar-refractivity contribution is -0.386. The molecule has 0 aromatic carbocycles. The third kappa shape index (κ3) is 3.09. The van der Waals surface area contributed by atoms with Gasteiger partial charge in [-0.05, 0) is 6.07 Å². The Morgan fingerprint density at radius 3 is 2.90 bits per heavy atom. The van der Waals surface area contributed by atoms with Crippen molar-refractivity contribution in [3.63, 3.8) is 0 Å². The molecule has 0 unspecified atom stereocenters. The highest BCUT2D eigenvalue weighted by Crippen LogP contribution is 2.02. The van der Waals surface area contributed by atoms with E-state index in [-0.39, 0.29) is 18.8 Å². The molecule has 0 saturated heterocycles. The molecule has 0 atom stereocenters. The number of carbonyl (C=O) groups is 1. The van der Waals surface area contributed by atoms with Crippen LogP contribution in [0.1, 0.15) is 10.5 Å². The Balaban J connectivity index is 2.12. The zero-order chi connectivity index (χ0) is 15.4. The molecule has 0 aliphatic carbocycles. The molecule has 0 radical (unpaired) electrons. The van der Waals surface area contributed by atoms with E-state index in [4.69, 9.17) is 5.84 Å². The highest BCUT2D eigenvalue weighted by atomic mass is 16.6. The maximum Gasteiger partial charge on any atom is 0.334 e. The molecule has 11 nitrogen and oxygen atoms in total. The lowest BCUT2D eigenvalue weighted by Gasteiger charge is -2.04. The Bertz CT molecular complexity index is 735. The van der Waals surface area contributed by atoms with Crippen molar-refractivity contribution in [1.29, 1.82) is 0 Å². The van der Waals surface area contributed by atoms with Crippen molar-refractivity contribution in [1.82, 2.24) is 25.0 Å². The number of aromatic nitrogens is 4. The summed E-state index contributed by atoms with van der Waals surface area (Å²) in [6.45, 7) is 0.361. The van der Waals surface area contributed by atoms with Crippen molar-refractivity contribution in [2.75, 3.05) is 0 Å². The Kier molecular flexibility index (Phi) is 4.04. The molecule has 0 aliphatic heterocycles. The molecule has 1 amide bonds. The molecule has 21 heavy (non-hydrogen) atoms. The molecule has 0 fully saturated rings. The van der Waals surface area contributed by atoms with E-state index in [9.17, 15) is 19.7 Å². The number of nitrogens with one attached hydrogen (secondary N) is 1. The number of nitrogen functional groups attached to an aromatic ring is 1. The summed E-state index contributed by atoms with van der Waals surface area (Å²) < 4.78 is 2.51. The summed E-state index contributed by atoms with van der Waals surface area (Å²) in [5.41, 5.74) is 0.737. The van der Waals surface area contributed by atoms with Gasteiger partial charge in [-0.25, -0.2) is 10.5 Å². The number of amides is 1. The average molecular weight is 293 g/mol. The first-order valence-electron chi connectivity index (χ1n) is 5.78. The monoisotopic (exact) mass is 293 g/mol.